The van der Waals surface area contributed by atoms with Gasteiger partial charge in [-0.25, -0.2) is 0 Å². The average Bonchev–Trinajstić information content (AvgIpc) is 2.67. The summed E-state index contributed by atoms with van der Waals surface area (Å²) in [5, 5.41) is 0. The van der Waals surface area contributed by atoms with Gasteiger partial charge in [-0.2, -0.15) is 0 Å². The fraction of sp³-hybridized carbons (Fsp3) is 1.00. The Labute approximate surface area is 145 Å². The lowest BCUT2D eigenvalue weighted by atomic mass is 9.77. The monoisotopic (exact) mass is 320 g/mol. The second kappa shape index (κ2) is 8.34. The molecule has 0 aliphatic carbocycles. The van der Waals surface area contributed by atoms with Gasteiger partial charge in [-0.15, -0.1) is 0 Å². The lowest BCUT2D eigenvalue weighted by Gasteiger charge is -2.57. The number of hydrogen-bond acceptors (Lipinski definition) is 2. The zero-order chi connectivity index (χ0) is 16.2. The highest BCUT2D eigenvalue weighted by atomic mass is 15.4. The number of hydrogen-bond donors (Lipinski definition) is 0. The maximum absolute atomic E-state index is 2.99. The van der Waals surface area contributed by atoms with Crippen molar-refractivity contribution in [1.82, 2.24) is 9.80 Å². The third-order valence-electron chi connectivity index (χ3n) is 7.00. The molecule has 3 aliphatic heterocycles. The summed E-state index contributed by atoms with van der Waals surface area (Å²) in [6.45, 7) is 10.2. The third kappa shape index (κ3) is 3.95. The summed E-state index contributed by atoms with van der Waals surface area (Å²) in [5.41, 5.74) is 0. The van der Waals surface area contributed by atoms with Gasteiger partial charge in [0.1, 0.15) is 0 Å². The van der Waals surface area contributed by atoms with Crippen LogP contribution in [0.15, 0.2) is 0 Å². The molecule has 3 heterocycles. The van der Waals surface area contributed by atoms with Crippen LogP contribution in [-0.2, 0) is 0 Å². The van der Waals surface area contributed by atoms with E-state index in [1.807, 2.05) is 0 Å². The molecular formula is C21H40N2. The highest BCUT2D eigenvalue weighted by molar-refractivity contribution is 4.98. The van der Waals surface area contributed by atoms with E-state index in [1.54, 1.807) is 0 Å². The van der Waals surface area contributed by atoms with Crippen molar-refractivity contribution < 1.29 is 0 Å². The Bertz CT molecular complexity index is 354. The van der Waals surface area contributed by atoms with Gasteiger partial charge in [-0.3, -0.25) is 9.80 Å². The number of fused-ring (bicyclic) bond motifs is 4. The predicted octanol–water partition coefficient (Wildman–Crippen LogP) is 5.28. The third-order valence-corrected chi connectivity index (χ3v) is 7.00. The van der Waals surface area contributed by atoms with Crippen LogP contribution < -0.4 is 0 Å². The molecule has 3 saturated heterocycles. The summed E-state index contributed by atoms with van der Waals surface area (Å²) < 4.78 is 0. The quantitative estimate of drug-likeness (QED) is 0.648. The van der Waals surface area contributed by atoms with Crippen LogP contribution in [0.5, 0.6) is 0 Å². The number of rotatable bonds is 1. The van der Waals surface area contributed by atoms with Gasteiger partial charge < -0.3 is 0 Å². The van der Waals surface area contributed by atoms with Gasteiger partial charge in [-0.05, 0) is 57.5 Å². The molecule has 134 valence electrons. The van der Waals surface area contributed by atoms with Crippen molar-refractivity contribution in [3.8, 4) is 0 Å². The Morgan fingerprint density at radius 2 is 1.26 bits per heavy atom. The summed E-state index contributed by atoms with van der Waals surface area (Å²) in [6, 6.07) is 1.62. The van der Waals surface area contributed by atoms with Crippen LogP contribution in [0.25, 0.3) is 0 Å². The Morgan fingerprint density at radius 3 is 1.96 bits per heavy atom. The van der Waals surface area contributed by atoms with Gasteiger partial charge in [0.05, 0.1) is 6.17 Å². The van der Waals surface area contributed by atoms with Crippen molar-refractivity contribution in [3.63, 3.8) is 0 Å². The van der Waals surface area contributed by atoms with Crippen LogP contribution in [0, 0.1) is 11.8 Å². The van der Waals surface area contributed by atoms with Crippen molar-refractivity contribution in [2.75, 3.05) is 13.1 Å². The SMILES string of the molecule is CC(C)C1C2CCCCCCN(C3CCCCCCCN13)[C@@H]2C. The molecule has 0 aromatic rings. The van der Waals surface area contributed by atoms with Gasteiger partial charge in [0, 0.05) is 12.1 Å². The highest BCUT2D eigenvalue weighted by Gasteiger charge is 2.45. The fourth-order valence-corrected chi connectivity index (χ4v) is 5.89. The maximum Gasteiger partial charge on any atom is 0.0627 e. The zero-order valence-electron chi connectivity index (χ0n) is 16.0. The molecule has 23 heavy (non-hydrogen) atoms. The van der Waals surface area contributed by atoms with E-state index in [2.05, 4.69) is 30.6 Å². The second-order valence-electron chi connectivity index (χ2n) is 8.85. The molecule has 0 spiro atoms. The van der Waals surface area contributed by atoms with Gasteiger partial charge in [0.25, 0.3) is 0 Å². The molecule has 3 rings (SSSR count). The molecule has 2 bridgehead atoms. The zero-order valence-corrected chi connectivity index (χ0v) is 16.0. The largest absolute Gasteiger partial charge is 0.285 e. The topological polar surface area (TPSA) is 6.48 Å². The lowest BCUT2D eigenvalue weighted by molar-refractivity contribution is -0.115. The van der Waals surface area contributed by atoms with Gasteiger partial charge in [0.15, 0.2) is 0 Å². The molecule has 3 fully saturated rings. The standard InChI is InChI=1S/C21H40N2/c1-17(2)21-19-13-9-6-8-11-15-22(18(19)3)20-14-10-5-4-7-12-16-23(20)21/h17-21H,4-16H2,1-3H3/t18-,19?,20?,21?/m1/s1. The van der Waals surface area contributed by atoms with E-state index in [0.29, 0.717) is 0 Å². The second-order valence-corrected chi connectivity index (χ2v) is 8.85. The van der Waals surface area contributed by atoms with Crippen molar-refractivity contribution in [2.24, 2.45) is 11.8 Å². The Balaban J connectivity index is 1.90. The summed E-state index contributed by atoms with van der Waals surface area (Å²) in [6.07, 6.45) is 16.7. The fourth-order valence-electron chi connectivity index (χ4n) is 5.89. The van der Waals surface area contributed by atoms with E-state index in [-0.39, 0.29) is 0 Å². The Kier molecular flexibility index (Phi) is 6.43. The summed E-state index contributed by atoms with van der Waals surface area (Å²) in [5.74, 6) is 1.69. The Morgan fingerprint density at radius 1 is 0.696 bits per heavy atom. The average molecular weight is 321 g/mol. The lowest BCUT2D eigenvalue weighted by Crippen LogP contribution is -2.66. The summed E-state index contributed by atoms with van der Waals surface area (Å²) in [7, 11) is 0. The first-order chi connectivity index (χ1) is 11.2. The molecule has 2 heteroatoms. The van der Waals surface area contributed by atoms with E-state index >= 15 is 0 Å². The molecule has 2 nitrogen and oxygen atoms in total. The van der Waals surface area contributed by atoms with Crippen LogP contribution in [0.2, 0.25) is 0 Å². The van der Waals surface area contributed by atoms with Crippen LogP contribution in [0.4, 0.5) is 0 Å². The van der Waals surface area contributed by atoms with Crippen LogP contribution in [0.3, 0.4) is 0 Å². The first-order valence-electron chi connectivity index (χ1n) is 10.7. The highest BCUT2D eigenvalue weighted by Crippen LogP contribution is 2.40. The smallest absolute Gasteiger partial charge is 0.0627 e. The minimum atomic E-state index is 0.741. The molecule has 0 radical (unpaired) electrons. The number of nitrogens with zero attached hydrogens (tertiary/aromatic N) is 2. The van der Waals surface area contributed by atoms with Crippen molar-refractivity contribution in [3.05, 3.63) is 0 Å². The van der Waals surface area contributed by atoms with Crippen molar-refractivity contribution in [1.29, 1.82) is 0 Å². The summed E-state index contributed by atoms with van der Waals surface area (Å²) >= 11 is 0. The van der Waals surface area contributed by atoms with Gasteiger partial charge in [0.2, 0.25) is 0 Å². The van der Waals surface area contributed by atoms with Crippen LogP contribution >= 0.6 is 0 Å². The van der Waals surface area contributed by atoms with E-state index in [1.165, 1.54) is 83.7 Å². The first-order valence-corrected chi connectivity index (χ1v) is 10.7. The minimum absolute atomic E-state index is 0.741. The molecule has 4 unspecified atom stereocenters. The van der Waals surface area contributed by atoms with E-state index in [4.69, 9.17) is 0 Å². The maximum atomic E-state index is 2.99. The van der Waals surface area contributed by atoms with E-state index in [9.17, 15) is 0 Å². The molecule has 5 atom stereocenters. The molecule has 0 aromatic heterocycles. The molecule has 3 aliphatic rings. The summed E-state index contributed by atoms with van der Waals surface area (Å²) in [4.78, 5) is 5.94. The molecule has 0 saturated carbocycles. The Hall–Kier alpha value is -0.0800. The predicted molar refractivity (Wildman–Crippen MR) is 99.6 cm³/mol. The van der Waals surface area contributed by atoms with Crippen molar-refractivity contribution >= 4 is 0 Å². The minimum Gasteiger partial charge on any atom is -0.285 e. The molecule has 0 amide bonds. The molecular weight excluding hydrogens is 280 g/mol. The van der Waals surface area contributed by atoms with E-state index in [0.717, 1.165) is 30.1 Å². The van der Waals surface area contributed by atoms with Gasteiger partial charge in [-0.1, -0.05) is 58.8 Å². The van der Waals surface area contributed by atoms with Crippen molar-refractivity contribution in [2.45, 2.75) is 110 Å². The van der Waals surface area contributed by atoms with Gasteiger partial charge >= 0.3 is 0 Å². The van der Waals surface area contributed by atoms with Crippen LogP contribution in [-0.4, -0.2) is 41.1 Å². The molecule has 0 N–H and O–H groups in total. The van der Waals surface area contributed by atoms with E-state index < -0.39 is 0 Å². The first kappa shape index (κ1) is 17.7. The normalized spacial score (nSPS) is 41.0. The van der Waals surface area contributed by atoms with Crippen LogP contribution in [0.1, 0.15) is 91.4 Å². The molecule has 0 aromatic carbocycles.